The Bertz CT molecular complexity index is 577. The number of aromatic nitrogens is 2. The van der Waals surface area contributed by atoms with Gasteiger partial charge >= 0.3 is 0 Å². The van der Waals surface area contributed by atoms with Gasteiger partial charge in [0, 0.05) is 23.4 Å². The average molecular weight is 247 g/mol. The molecule has 2 aromatic rings. The van der Waals surface area contributed by atoms with Crippen LogP contribution in [0.5, 0.6) is 5.75 Å². The van der Waals surface area contributed by atoms with Crippen LogP contribution in [0.25, 0.3) is 10.9 Å². The van der Waals surface area contributed by atoms with Crippen LogP contribution >= 0.6 is 0 Å². The number of aliphatic hydroxyl groups is 1. The summed E-state index contributed by atoms with van der Waals surface area (Å²) in [5, 5.41) is 15.2. The quantitative estimate of drug-likeness (QED) is 0.818. The second-order valence-electron chi connectivity index (χ2n) is 4.95. The number of aliphatic hydroxyl groups excluding tert-OH is 1. The van der Waals surface area contributed by atoms with Gasteiger partial charge in [0.15, 0.2) is 0 Å². The first-order chi connectivity index (χ1) is 8.65. The lowest BCUT2D eigenvalue weighted by atomic mass is 10.0. The van der Waals surface area contributed by atoms with Crippen LogP contribution in [0.15, 0.2) is 18.3 Å². The minimum atomic E-state index is -0.443. The highest BCUT2D eigenvalue weighted by Crippen LogP contribution is 2.32. The smallest absolute Gasteiger partial charge is 0.124 e. The van der Waals surface area contributed by atoms with Crippen LogP contribution in [0, 0.1) is 0 Å². The van der Waals surface area contributed by atoms with Crippen molar-refractivity contribution in [2.75, 3.05) is 6.61 Å². The van der Waals surface area contributed by atoms with E-state index < -0.39 is 6.10 Å². The Hall–Kier alpha value is -1.59. The molecule has 3 N–H and O–H groups in total. The molecule has 96 valence electrons. The number of hydrogen-bond donors (Lipinski definition) is 2. The molecule has 1 aromatic carbocycles. The lowest BCUT2D eigenvalue weighted by Crippen LogP contribution is -2.27. The molecule has 1 aromatic heterocycles. The molecule has 0 radical (unpaired) electrons. The van der Waals surface area contributed by atoms with Crippen molar-refractivity contribution in [1.82, 2.24) is 9.78 Å². The Balaban J connectivity index is 2.16. The predicted molar refractivity (Wildman–Crippen MR) is 68.6 cm³/mol. The van der Waals surface area contributed by atoms with E-state index in [1.54, 1.807) is 0 Å². The number of benzene rings is 1. The van der Waals surface area contributed by atoms with Crippen molar-refractivity contribution < 1.29 is 9.84 Å². The van der Waals surface area contributed by atoms with Gasteiger partial charge in [-0.1, -0.05) is 0 Å². The van der Waals surface area contributed by atoms with Crippen LogP contribution in [-0.4, -0.2) is 33.6 Å². The fraction of sp³-hybridized carbons (Fsp3) is 0.462. The Morgan fingerprint density at radius 1 is 1.61 bits per heavy atom. The molecule has 0 amide bonds. The molecule has 0 unspecified atom stereocenters. The molecule has 5 heteroatoms. The van der Waals surface area contributed by atoms with Crippen molar-refractivity contribution in [1.29, 1.82) is 0 Å². The van der Waals surface area contributed by atoms with Crippen molar-refractivity contribution in [2.45, 2.75) is 32.0 Å². The molecule has 18 heavy (non-hydrogen) atoms. The molecule has 3 rings (SSSR count). The van der Waals surface area contributed by atoms with Crippen molar-refractivity contribution >= 4 is 10.9 Å². The summed E-state index contributed by atoms with van der Waals surface area (Å²) in [6.45, 7) is 2.98. The summed E-state index contributed by atoms with van der Waals surface area (Å²) in [7, 11) is 0. The zero-order valence-electron chi connectivity index (χ0n) is 10.3. The Morgan fingerprint density at radius 2 is 2.44 bits per heavy atom. The van der Waals surface area contributed by atoms with E-state index in [1.807, 2.05) is 29.9 Å². The number of nitrogens with two attached hydrogens (primary N) is 1. The average Bonchev–Trinajstić information content (AvgIpc) is 2.72. The molecule has 0 spiro atoms. The lowest BCUT2D eigenvalue weighted by molar-refractivity contribution is 0.0926. The molecule has 0 aliphatic carbocycles. The minimum Gasteiger partial charge on any atom is -0.491 e. The van der Waals surface area contributed by atoms with Crippen molar-refractivity contribution in [2.24, 2.45) is 5.73 Å². The predicted octanol–water partition coefficient (Wildman–Crippen LogP) is 0.679. The van der Waals surface area contributed by atoms with Crippen LogP contribution in [0.2, 0.25) is 0 Å². The summed E-state index contributed by atoms with van der Waals surface area (Å²) in [4.78, 5) is 0. The molecule has 1 aliphatic rings. The molecule has 0 fully saturated rings. The van der Waals surface area contributed by atoms with Crippen LogP contribution in [0.3, 0.4) is 0 Å². The monoisotopic (exact) mass is 247 g/mol. The lowest BCUT2D eigenvalue weighted by Gasteiger charge is -2.23. The first kappa shape index (κ1) is 11.5. The minimum absolute atomic E-state index is 0.0402. The number of hydrogen-bond acceptors (Lipinski definition) is 4. The molecule has 0 saturated carbocycles. The van der Waals surface area contributed by atoms with E-state index in [4.69, 9.17) is 10.5 Å². The van der Waals surface area contributed by atoms with Gasteiger partial charge in [-0.05, 0) is 19.1 Å². The van der Waals surface area contributed by atoms with Gasteiger partial charge in [0.1, 0.15) is 12.4 Å². The first-order valence-electron chi connectivity index (χ1n) is 6.19. The number of nitrogens with zero attached hydrogens (tertiary/aromatic N) is 2. The Morgan fingerprint density at radius 3 is 3.22 bits per heavy atom. The molecule has 2 heterocycles. The molecule has 2 atom stereocenters. The standard InChI is InChI=1S/C13H17N3O2/c1-8(14)6-16-13-9(5-15-16)2-3-12-11(13)4-10(17)7-18-12/h2-3,5,8,10,17H,4,6-7,14H2,1H3/t8-,10+/m0/s1. The van der Waals surface area contributed by atoms with Crippen LogP contribution in [0.4, 0.5) is 0 Å². The molecular weight excluding hydrogens is 230 g/mol. The van der Waals surface area contributed by atoms with E-state index in [0.717, 1.165) is 22.2 Å². The molecule has 0 bridgehead atoms. The zero-order valence-corrected chi connectivity index (χ0v) is 10.3. The normalized spacial score (nSPS) is 20.5. The fourth-order valence-corrected chi connectivity index (χ4v) is 2.46. The van der Waals surface area contributed by atoms with Gasteiger partial charge in [-0.2, -0.15) is 5.10 Å². The second kappa shape index (κ2) is 4.26. The highest BCUT2D eigenvalue weighted by molar-refractivity contribution is 5.84. The Labute approximate surface area is 105 Å². The molecule has 5 nitrogen and oxygen atoms in total. The van der Waals surface area contributed by atoms with Gasteiger partial charge in [-0.25, -0.2) is 0 Å². The van der Waals surface area contributed by atoms with Gasteiger partial charge in [0.2, 0.25) is 0 Å². The van der Waals surface area contributed by atoms with Crippen molar-refractivity contribution in [3.8, 4) is 5.75 Å². The van der Waals surface area contributed by atoms with Crippen molar-refractivity contribution in [3.05, 3.63) is 23.9 Å². The maximum absolute atomic E-state index is 9.75. The summed E-state index contributed by atoms with van der Waals surface area (Å²) in [6, 6.07) is 3.98. The summed E-state index contributed by atoms with van der Waals surface area (Å²) < 4.78 is 7.45. The number of rotatable bonds is 2. The summed E-state index contributed by atoms with van der Waals surface area (Å²) in [5.74, 6) is 0.847. The van der Waals surface area contributed by atoms with Gasteiger partial charge in [-0.3, -0.25) is 4.68 Å². The van der Waals surface area contributed by atoms with Crippen LogP contribution in [0.1, 0.15) is 12.5 Å². The maximum atomic E-state index is 9.75. The Kier molecular flexibility index (Phi) is 2.72. The van der Waals surface area contributed by atoms with Crippen molar-refractivity contribution in [3.63, 3.8) is 0 Å². The van der Waals surface area contributed by atoms with Gasteiger partial charge in [0.05, 0.1) is 24.4 Å². The van der Waals surface area contributed by atoms with Crippen LogP contribution in [-0.2, 0) is 13.0 Å². The highest BCUT2D eigenvalue weighted by atomic mass is 16.5. The largest absolute Gasteiger partial charge is 0.491 e. The van der Waals surface area contributed by atoms with E-state index in [0.29, 0.717) is 19.6 Å². The first-order valence-corrected chi connectivity index (χ1v) is 6.19. The summed E-state index contributed by atoms with van der Waals surface area (Å²) in [5.41, 5.74) is 7.90. The van der Waals surface area contributed by atoms with Gasteiger partial charge < -0.3 is 15.6 Å². The molecular formula is C13H17N3O2. The van der Waals surface area contributed by atoms with E-state index in [-0.39, 0.29) is 6.04 Å². The summed E-state index contributed by atoms with van der Waals surface area (Å²) >= 11 is 0. The third kappa shape index (κ3) is 1.85. The highest BCUT2D eigenvalue weighted by Gasteiger charge is 2.22. The van der Waals surface area contributed by atoms with Gasteiger partial charge in [-0.15, -0.1) is 0 Å². The van der Waals surface area contributed by atoms with E-state index in [2.05, 4.69) is 5.10 Å². The van der Waals surface area contributed by atoms with E-state index in [1.165, 1.54) is 0 Å². The summed E-state index contributed by atoms with van der Waals surface area (Å²) in [6.07, 6.45) is 2.00. The molecule has 0 saturated heterocycles. The molecule has 1 aliphatic heterocycles. The number of fused-ring (bicyclic) bond motifs is 3. The zero-order chi connectivity index (χ0) is 12.7. The third-order valence-corrected chi connectivity index (χ3v) is 3.20. The topological polar surface area (TPSA) is 73.3 Å². The van der Waals surface area contributed by atoms with E-state index in [9.17, 15) is 5.11 Å². The number of ether oxygens (including phenoxy) is 1. The SMILES string of the molecule is C[C@H](N)Cn1ncc2ccc3c(c21)C[C@@H](O)CO3. The third-order valence-electron chi connectivity index (χ3n) is 3.20. The van der Waals surface area contributed by atoms with E-state index >= 15 is 0 Å². The second-order valence-corrected chi connectivity index (χ2v) is 4.95. The van der Waals surface area contributed by atoms with Crippen LogP contribution < -0.4 is 10.5 Å². The maximum Gasteiger partial charge on any atom is 0.124 e. The fourth-order valence-electron chi connectivity index (χ4n) is 2.46. The van der Waals surface area contributed by atoms with Gasteiger partial charge in [0.25, 0.3) is 0 Å².